The number of carbonyl (C=O) groups excluding carboxylic acids is 1. The van der Waals surface area contributed by atoms with Gasteiger partial charge in [-0.05, 0) is 45.0 Å². The van der Waals surface area contributed by atoms with Gasteiger partial charge in [-0.25, -0.2) is 4.39 Å². The Morgan fingerprint density at radius 3 is 2.90 bits per heavy atom. The summed E-state index contributed by atoms with van der Waals surface area (Å²) in [5.74, 6) is -0.649. The van der Waals surface area contributed by atoms with Gasteiger partial charge in [-0.1, -0.05) is 13.0 Å². The Balaban J connectivity index is 2.19. The van der Waals surface area contributed by atoms with Crippen LogP contribution in [0.25, 0.3) is 0 Å². The van der Waals surface area contributed by atoms with Gasteiger partial charge >= 0.3 is 0 Å². The van der Waals surface area contributed by atoms with E-state index in [-0.39, 0.29) is 11.3 Å². The van der Waals surface area contributed by atoms with Crippen molar-refractivity contribution in [1.82, 2.24) is 4.90 Å². The molecule has 0 saturated carbocycles. The average molecular weight is 278 g/mol. The van der Waals surface area contributed by atoms with Crippen molar-refractivity contribution in [3.8, 4) is 0 Å². The van der Waals surface area contributed by atoms with Gasteiger partial charge in [0.15, 0.2) is 5.78 Å². The molecular formula is C16H23FN2O. The van der Waals surface area contributed by atoms with Gasteiger partial charge in [-0.15, -0.1) is 0 Å². The van der Waals surface area contributed by atoms with Gasteiger partial charge < -0.3 is 4.90 Å². The van der Waals surface area contributed by atoms with Gasteiger partial charge in [0.05, 0.1) is 11.3 Å². The highest BCUT2D eigenvalue weighted by molar-refractivity contribution is 6.00. The number of benzene rings is 1. The smallest absolute Gasteiger partial charge is 0.164 e. The van der Waals surface area contributed by atoms with Crippen LogP contribution in [0.1, 0.15) is 37.0 Å². The molecule has 0 N–H and O–H groups in total. The second kappa shape index (κ2) is 6.35. The molecule has 0 radical (unpaired) electrons. The summed E-state index contributed by atoms with van der Waals surface area (Å²) in [7, 11) is 1.94. The summed E-state index contributed by atoms with van der Waals surface area (Å²) in [6.07, 6.45) is 2.39. The second-order valence-electron chi connectivity index (χ2n) is 5.50. The van der Waals surface area contributed by atoms with Gasteiger partial charge in [0.25, 0.3) is 0 Å². The van der Waals surface area contributed by atoms with Crippen LogP contribution in [0.3, 0.4) is 0 Å². The fraction of sp³-hybridized carbons (Fsp3) is 0.562. The van der Waals surface area contributed by atoms with Crippen molar-refractivity contribution < 1.29 is 9.18 Å². The van der Waals surface area contributed by atoms with Crippen molar-refractivity contribution >= 4 is 11.5 Å². The van der Waals surface area contributed by atoms with Crippen LogP contribution >= 0.6 is 0 Å². The molecule has 20 heavy (non-hydrogen) atoms. The molecule has 1 atom stereocenters. The van der Waals surface area contributed by atoms with Gasteiger partial charge in [-0.3, -0.25) is 9.69 Å². The lowest BCUT2D eigenvalue weighted by molar-refractivity contribution is 0.101. The van der Waals surface area contributed by atoms with Crippen LogP contribution in [0.5, 0.6) is 0 Å². The van der Waals surface area contributed by atoms with E-state index in [2.05, 4.69) is 11.8 Å². The van der Waals surface area contributed by atoms with Crippen molar-refractivity contribution in [3.63, 3.8) is 0 Å². The third kappa shape index (κ3) is 3.01. The number of likely N-dealkylation sites (tertiary alicyclic amines) is 1. The topological polar surface area (TPSA) is 23.6 Å². The summed E-state index contributed by atoms with van der Waals surface area (Å²) in [5.41, 5.74) is 0.900. The Bertz CT molecular complexity index is 489. The molecule has 110 valence electrons. The molecule has 1 saturated heterocycles. The van der Waals surface area contributed by atoms with E-state index in [1.807, 2.05) is 18.0 Å². The molecule has 1 unspecified atom stereocenters. The first-order valence-electron chi connectivity index (χ1n) is 7.29. The van der Waals surface area contributed by atoms with E-state index < -0.39 is 5.82 Å². The number of hydrogen-bond donors (Lipinski definition) is 0. The van der Waals surface area contributed by atoms with E-state index in [9.17, 15) is 9.18 Å². The first kappa shape index (κ1) is 15.0. The molecule has 1 fully saturated rings. The van der Waals surface area contributed by atoms with Crippen LogP contribution < -0.4 is 4.90 Å². The molecule has 0 aliphatic carbocycles. The van der Waals surface area contributed by atoms with E-state index in [4.69, 9.17) is 0 Å². The first-order valence-corrected chi connectivity index (χ1v) is 7.29. The monoisotopic (exact) mass is 278 g/mol. The van der Waals surface area contributed by atoms with Crippen LogP contribution in [-0.2, 0) is 0 Å². The minimum atomic E-state index is -0.430. The zero-order chi connectivity index (χ0) is 14.7. The molecule has 1 heterocycles. The lowest BCUT2D eigenvalue weighted by atomic mass is 10.1. The molecule has 0 spiro atoms. The van der Waals surface area contributed by atoms with Crippen LogP contribution in [0.4, 0.5) is 10.1 Å². The Labute approximate surface area is 120 Å². The highest BCUT2D eigenvalue weighted by atomic mass is 19.1. The number of nitrogens with zero attached hydrogens (tertiary/aromatic N) is 2. The van der Waals surface area contributed by atoms with Gasteiger partial charge in [0, 0.05) is 19.6 Å². The Morgan fingerprint density at radius 1 is 1.50 bits per heavy atom. The van der Waals surface area contributed by atoms with Gasteiger partial charge in [0.1, 0.15) is 5.82 Å². The maximum atomic E-state index is 13.9. The number of anilines is 1. The van der Waals surface area contributed by atoms with E-state index in [1.54, 1.807) is 6.07 Å². The fourth-order valence-corrected chi connectivity index (χ4v) is 3.11. The minimum Gasteiger partial charge on any atom is -0.372 e. The maximum absolute atomic E-state index is 13.9. The van der Waals surface area contributed by atoms with Crippen LogP contribution in [0.2, 0.25) is 0 Å². The molecule has 3 nitrogen and oxygen atoms in total. The molecule has 1 aliphatic heterocycles. The number of ketones is 1. The van der Waals surface area contributed by atoms with Crippen molar-refractivity contribution in [3.05, 3.63) is 29.6 Å². The summed E-state index contributed by atoms with van der Waals surface area (Å²) >= 11 is 0. The molecular weight excluding hydrogens is 255 g/mol. The molecule has 1 aliphatic rings. The van der Waals surface area contributed by atoms with Crippen LogP contribution in [0, 0.1) is 5.82 Å². The van der Waals surface area contributed by atoms with Crippen molar-refractivity contribution in [2.45, 2.75) is 32.7 Å². The lowest BCUT2D eigenvalue weighted by Crippen LogP contribution is -2.39. The molecule has 0 aromatic heterocycles. The van der Waals surface area contributed by atoms with E-state index in [1.165, 1.54) is 25.8 Å². The molecule has 0 amide bonds. The normalized spacial score (nSPS) is 19.3. The Morgan fingerprint density at radius 2 is 2.25 bits per heavy atom. The van der Waals surface area contributed by atoms with Crippen LogP contribution in [-0.4, -0.2) is 43.4 Å². The lowest BCUT2D eigenvalue weighted by Gasteiger charge is -2.30. The third-order valence-electron chi connectivity index (χ3n) is 4.14. The quantitative estimate of drug-likeness (QED) is 0.774. The molecule has 1 aromatic rings. The Hall–Kier alpha value is -1.42. The summed E-state index contributed by atoms with van der Waals surface area (Å²) < 4.78 is 13.9. The predicted molar refractivity (Wildman–Crippen MR) is 79.9 cm³/mol. The van der Waals surface area contributed by atoms with Crippen LogP contribution in [0.15, 0.2) is 18.2 Å². The molecule has 0 bridgehead atoms. The number of halogens is 1. The zero-order valence-electron chi connectivity index (χ0n) is 12.5. The van der Waals surface area contributed by atoms with E-state index in [0.717, 1.165) is 19.6 Å². The second-order valence-corrected chi connectivity index (χ2v) is 5.50. The first-order chi connectivity index (χ1) is 9.54. The summed E-state index contributed by atoms with van der Waals surface area (Å²) in [5, 5.41) is 0. The Kier molecular flexibility index (Phi) is 4.76. The summed E-state index contributed by atoms with van der Waals surface area (Å²) in [4.78, 5) is 16.1. The highest BCUT2D eigenvalue weighted by Crippen LogP contribution is 2.25. The van der Waals surface area contributed by atoms with Gasteiger partial charge in [-0.2, -0.15) is 0 Å². The predicted octanol–water partition coefficient (Wildman–Crippen LogP) is 2.95. The average Bonchev–Trinajstić information content (AvgIpc) is 2.85. The third-order valence-corrected chi connectivity index (χ3v) is 4.14. The van der Waals surface area contributed by atoms with E-state index in [0.29, 0.717) is 11.7 Å². The molecule has 1 aromatic carbocycles. The minimum absolute atomic E-state index is 0.205. The standard InChI is InChI=1S/C16H23FN2O/c1-4-19-10-6-7-13(19)11-18(3)15-9-5-8-14(17)16(15)12(2)20/h5,8-9,13H,4,6-7,10-11H2,1-3H3. The molecule has 4 heteroatoms. The van der Waals surface area contributed by atoms with Crippen molar-refractivity contribution in [2.24, 2.45) is 0 Å². The van der Waals surface area contributed by atoms with Gasteiger partial charge in [0.2, 0.25) is 0 Å². The number of Topliss-reactive ketones (excluding diaryl/α,β-unsaturated/α-hetero) is 1. The van der Waals surface area contributed by atoms with Crippen molar-refractivity contribution in [2.75, 3.05) is 31.6 Å². The van der Waals surface area contributed by atoms with Crippen molar-refractivity contribution in [1.29, 1.82) is 0 Å². The maximum Gasteiger partial charge on any atom is 0.164 e. The number of hydrogen-bond acceptors (Lipinski definition) is 3. The molecule has 2 rings (SSSR count). The SMILES string of the molecule is CCN1CCCC1CN(C)c1cccc(F)c1C(C)=O. The fourth-order valence-electron chi connectivity index (χ4n) is 3.11. The zero-order valence-corrected chi connectivity index (χ0v) is 12.5. The number of likely N-dealkylation sites (N-methyl/N-ethyl adjacent to an activating group) is 2. The van der Waals surface area contributed by atoms with E-state index >= 15 is 0 Å². The summed E-state index contributed by atoms with van der Waals surface area (Å²) in [6, 6.07) is 5.33. The largest absolute Gasteiger partial charge is 0.372 e. The highest BCUT2D eigenvalue weighted by Gasteiger charge is 2.25. The number of rotatable bonds is 5. The summed E-state index contributed by atoms with van der Waals surface area (Å²) in [6.45, 7) is 6.60. The number of carbonyl (C=O) groups is 1.